The Morgan fingerprint density at radius 3 is 2.81 bits per heavy atom. The first-order valence-electron chi connectivity index (χ1n) is 6.52. The Bertz CT molecular complexity index is 515. The Kier molecular flexibility index (Phi) is 5.13. The van der Waals surface area contributed by atoms with Gasteiger partial charge in [-0.25, -0.2) is 8.78 Å². The summed E-state index contributed by atoms with van der Waals surface area (Å²) in [5, 5.41) is 10.2. The molecule has 1 unspecified atom stereocenters. The van der Waals surface area contributed by atoms with Crippen molar-refractivity contribution in [3.8, 4) is 0 Å². The molecule has 21 heavy (non-hydrogen) atoms. The van der Waals surface area contributed by atoms with Crippen molar-refractivity contribution in [2.45, 2.75) is 25.1 Å². The fraction of sp³-hybridized carbons (Fsp3) is 0.500. The number of rotatable bonds is 5. The van der Waals surface area contributed by atoms with Crippen LogP contribution in [-0.2, 0) is 16.1 Å². The van der Waals surface area contributed by atoms with Crippen molar-refractivity contribution in [3.63, 3.8) is 0 Å². The van der Waals surface area contributed by atoms with Crippen molar-refractivity contribution >= 4 is 17.5 Å². The zero-order chi connectivity index (χ0) is 15.5. The van der Waals surface area contributed by atoms with Gasteiger partial charge in [-0.2, -0.15) is 0 Å². The van der Waals surface area contributed by atoms with Gasteiger partial charge in [-0.05, 0) is 11.6 Å². The maximum atomic E-state index is 12.6. The van der Waals surface area contributed by atoms with Crippen LogP contribution in [0.25, 0.3) is 0 Å². The van der Waals surface area contributed by atoms with Gasteiger partial charge < -0.3 is 14.7 Å². The van der Waals surface area contributed by atoms with Crippen LogP contribution < -0.4 is 0 Å². The number of hydrogen-bond acceptors (Lipinski definition) is 3. The minimum Gasteiger partial charge on any atom is -0.382 e. The van der Waals surface area contributed by atoms with Crippen molar-refractivity contribution in [2.24, 2.45) is 0 Å². The Labute approximate surface area is 126 Å². The van der Waals surface area contributed by atoms with Gasteiger partial charge in [0.25, 0.3) is 6.43 Å². The molecule has 1 N–H and O–H groups in total. The highest BCUT2D eigenvalue weighted by atomic mass is 35.5. The Balaban J connectivity index is 1.80. The van der Waals surface area contributed by atoms with Crippen LogP contribution in [-0.4, -0.2) is 47.6 Å². The second-order valence-corrected chi connectivity index (χ2v) is 5.46. The van der Waals surface area contributed by atoms with E-state index in [1.807, 2.05) is 0 Å². The number of halogens is 3. The summed E-state index contributed by atoms with van der Waals surface area (Å²) in [6.07, 6.45) is -2.99. The quantitative estimate of drug-likeness (QED) is 0.904. The van der Waals surface area contributed by atoms with E-state index in [1.165, 1.54) is 4.90 Å². The van der Waals surface area contributed by atoms with Crippen molar-refractivity contribution in [1.82, 2.24) is 4.90 Å². The van der Waals surface area contributed by atoms with E-state index in [0.29, 0.717) is 5.02 Å². The smallest absolute Gasteiger partial charge is 0.268 e. The number of hydrogen-bond donors (Lipinski definition) is 1. The van der Waals surface area contributed by atoms with Crippen molar-refractivity contribution < 1.29 is 23.4 Å². The minimum atomic E-state index is -2.86. The molecular weight excluding hydrogens is 304 g/mol. The lowest BCUT2D eigenvalue weighted by molar-refractivity contribution is -0.138. The molecule has 0 aromatic heterocycles. The molecule has 0 bridgehead atoms. The van der Waals surface area contributed by atoms with Gasteiger partial charge in [0.15, 0.2) is 0 Å². The molecule has 1 saturated heterocycles. The lowest BCUT2D eigenvalue weighted by atomic mass is 10.1. The molecule has 1 fully saturated rings. The third kappa shape index (κ3) is 3.90. The van der Waals surface area contributed by atoms with E-state index in [1.54, 1.807) is 24.3 Å². The maximum absolute atomic E-state index is 12.6. The average molecular weight is 320 g/mol. The van der Waals surface area contributed by atoms with Crippen molar-refractivity contribution in [2.75, 3.05) is 19.7 Å². The van der Waals surface area contributed by atoms with Crippen LogP contribution in [0.2, 0.25) is 5.02 Å². The normalized spacial score (nSPS) is 22.0. The zero-order valence-corrected chi connectivity index (χ0v) is 12.0. The fourth-order valence-corrected chi connectivity index (χ4v) is 2.35. The molecule has 116 valence electrons. The van der Waals surface area contributed by atoms with Gasteiger partial charge in [0.2, 0.25) is 5.91 Å². The van der Waals surface area contributed by atoms with Crippen LogP contribution in [0, 0.1) is 0 Å². The van der Waals surface area contributed by atoms with Crippen LogP contribution in [0.4, 0.5) is 8.78 Å². The van der Waals surface area contributed by atoms with E-state index in [2.05, 4.69) is 0 Å². The Morgan fingerprint density at radius 1 is 1.48 bits per heavy atom. The summed E-state index contributed by atoms with van der Waals surface area (Å²) in [5.41, 5.74) is -1.35. The lowest BCUT2D eigenvalue weighted by Crippen LogP contribution is -2.42. The largest absolute Gasteiger partial charge is 0.382 e. The third-order valence-corrected chi connectivity index (χ3v) is 3.85. The number of nitrogens with zero attached hydrogens (tertiary/aromatic N) is 1. The lowest BCUT2D eigenvalue weighted by Gasteiger charge is -2.22. The zero-order valence-electron chi connectivity index (χ0n) is 11.3. The monoisotopic (exact) mass is 319 g/mol. The molecule has 2 rings (SSSR count). The Hall–Kier alpha value is -1.24. The molecule has 1 amide bonds. The van der Waals surface area contributed by atoms with E-state index in [0.717, 1.165) is 5.56 Å². The summed E-state index contributed by atoms with van der Waals surface area (Å²) in [4.78, 5) is 13.0. The summed E-state index contributed by atoms with van der Waals surface area (Å²) >= 11 is 5.95. The van der Waals surface area contributed by atoms with Gasteiger partial charge in [0.05, 0.1) is 13.2 Å². The highest BCUT2D eigenvalue weighted by Gasteiger charge is 2.45. The number of aliphatic hydroxyl groups is 1. The van der Waals surface area contributed by atoms with Crippen LogP contribution in [0.15, 0.2) is 24.3 Å². The number of carbonyl (C=O) groups excluding carboxylic acids is 1. The van der Waals surface area contributed by atoms with Crippen LogP contribution in [0.3, 0.4) is 0 Å². The van der Waals surface area contributed by atoms with Gasteiger partial charge in [0, 0.05) is 18.0 Å². The van der Waals surface area contributed by atoms with E-state index in [4.69, 9.17) is 16.3 Å². The molecular formula is C14H16ClF2NO3. The highest BCUT2D eigenvalue weighted by molar-refractivity contribution is 6.31. The molecule has 1 aromatic rings. The predicted molar refractivity (Wildman–Crippen MR) is 73.3 cm³/mol. The SMILES string of the molecule is O=C(COCc1ccccc1Cl)N1CCC(O)(C(F)F)C1. The minimum absolute atomic E-state index is 0.106. The second kappa shape index (κ2) is 6.68. The molecule has 1 atom stereocenters. The number of β-amino-alcohol motifs (C(OH)–C–C–N with tert-alkyl or cyclic N) is 1. The molecule has 0 saturated carbocycles. The number of alkyl halides is 2. The molecule has 1 aliphatic heterocycles. The second-order valence-electron chi connectivity index (χ2n) is 5.05. The van der Waals surface area contributed by atoms with E-state index < -0.39 is 17.9 Å². The summed E-state index contributed by atoms with van der Waals surface area (Å²) in [5.74, 6) is -0.418. The molecule has 7 heteroatoms. The van der Waals surface area contributed by atoms with Gasteiger partial charge in [0.1, 0.15) is 12.2 Å². The van der Waals surface area contributed by atoms with Crippen LogP contribution in [0.5, 0.6) is 0 Å². The maximum Gasteiger partial charge on any atom is 0.268 e. The third-order valence-electron chi connectivity index (χ3n) is 3.48. The number of likely N-dealkylation sites (tertiary alicyclic amines) is 1. The molecule has 4 nitrogen and oxygen atoms in total. The summed E-state index contributed by atoms with van der Waals surface area (Å²) in [7, 11) is 0. The van der Waals surface area contributed by atoms with Gasteiger partial charge in [-0.1, -0.05) is 29.8 Å². The molecule has 1 heterocycles. The van der Waals surface area contributed by atoms with Crippen molar-refractivity contribution in [1.29, 1.82) is 0 Å². The molecule has 0 spiro atoms. The van der Waals surface area contributed by atoms with Gasteiger partial charge in [-0.3, -0.25) is 4.79 Å². The van der Waals surface area contributed by atoms with Crippen LogP contribution in [0.1, 0.15) is 12.0 Å². The molecule has 1 aromatic carbocycles. The highest BCUT2D eigenvalue weighted by Crippen LogP contribution is 2.27. The van der Waals surface area contributed by atoms with E-state index in [-0.39, 0.29) is 32.7 Å². The first kappa shape index (κ1) is 16.1. The standard InChI is InChI=1S/C14H16ClF2NO3/c15-11-4-2-1-3-10(11)7-21-8-12(19)18-6-5-14(20,9-18)13(16)17/h1-4,13,20H,5-9H2. The topological polar surface area (TPSA) is 49.8 Å². The van der Waals surface area contributed by atoms with Gasteiger partial charge >= 0.3 is 0 Å². The fourth-order valence-electron chi connectivity index (χ4n) is 2.16. The number of amides is 1. The van der Waals surface area contributed by atoms with E-state index >= 15 is 0 Å². The predicted octanol–water partition coefficient (Wildman–Crippen LogP) is 2.09. The Morgan fingerprint density at radius 2 is 2.19 bits per heavy atom. The molecule has 0 radical (unpaired) electrons. The number of ether oxygens (including phenoxy) is 1. The van der Waals surface area contributed by atoms with Crippen LogP contribution >= 0.6 is 11.6 Å². The summed E-state index contributed by atoms with van der Waals surface area (Å²) in [6.45, 7) is -0.322. The number of carbonyl (C=O) groups is 1. The first-order valence-corrected chi connectivity index (χ1v) is 6.89. The van der Waals surface area contributed by atoms with Crippen molar-refractivity contribution in [3.05, 3.63) is 34.9 Å². The average Bonchev–Trinajstić information content (AvgIpc) is 2.85. The number of benzene rings is 1. The molecule has 1 aliphatic rings. The van der Waals surface area contributed by atoms with E-state index in [9.17, 15) is 18.7 Å². The summed E-state index contributed by atoms with van der Waals surface area (Å²) < 4.78 is 30.5. The first-order chi connectivity index (χ1) is 9.92. The summed E-state index contributed by atoms with van der Waals surface area (Å²) in [6, 6.07) is 7.07. The molecule has 0 aliphatic carbocycles. The van der Waals surface area contributed by atoms with Gasteiger partial charge in [-0.15, -0.1) is 0 Å².